The van der Waals surface area contributed by atoms with Gasteiger partial charge in [-0.15, -0.1) is 0 Å². The summed E-state index contributed by atoms with van der Waals surface area (Å²) in [6, 6.07) is 0. The van der Waals surface area contributed by atoms with E-state index in [1.165, 1.54) is 38.5 Å². The summed E-state index contributed by atoms with van der Waals surface area (Å²) in [5, 5.41) is 7.75. The molecule has 0 atom stereocenters. The van der Waals surface area contributed by atoms with E-state index in [9.17, 15) is 0 Å². The highest BCUT2D eigenvalue weighted by molar-refractivity contribution is 4.71. The molecule has 0 radical (unpaired) electrons. The van der Waals surface area contributed by atoms with Crippen LogP contribution < -0.4 is 0 Å². The minimum absolute atomic E-state index is 0.197. The van der Waals surface area contributed by atoms with Crippen molar-refractivity contribution in [3.05, 3.63) is 0 Å². The Bertz CT molecular complexity index is 117. The van der Waals surface area contributed by atoms with Gasteiger partial charge in [-0.05, 0) is 12.3 Å². The van der Waals surface area contributed by atoms with Gasteiger partial charge in [0, 0.05) is 20.3 Å². The summed E-state index contributed by atoms with van der Waals surface area (Å²) in [4.78, 5) is 0. The predicted molar refractivity (Wildman–Crippen MR) is 53.5 cm³/mol. The molecule has 0 amide bonds. The van der Waals surface area contributed by atoms with Crippen LogP contribution in [0, 0.1) is 5.92 Å². The van der Waals surface area contributed by atoms with Gasteiger partial charge in [-0.25, -0.2) is 0 Å². The van der Waals surface area contributed by atoms with Crippen LogP contribution >= 0.6 is 0 Å². The lowest BCUT2D eigenvalue weighted by Crippen LogP contribution is -2.20. The van der Waals surface area contributed by atoms with Crippen molar-refractivity contribution < 1.29 is 5.11 Å². The fourth-order valence-corrected chi connectivity index (χ4v) is 2.04. The van der Waals surface area contributed by atoms with E-state index in [-0.39, 0.29) is 5.60 Å². The Kier molecular flexibility index (Phi) is 3.57. The topological polar surface area (TPSA) is 22.9 Å². The predicted octanol–water partition coefficient (Wildman–Crippen LogP) is 2.85. The largest absolute Gasteiger partial charge is 0.441 e. The van der Waals surface area contributed by atoms with Gasteiger partial charge in [-0.1, -0.05) is 32.1 Å². The molecule has 12 heavy (non-hydrogen) atoms. The molecule has 72 valence electrons. The van der Waals surface area contributed by atoms with E-state index in [0.717, 1.165) is 12.3 Å². The Morgan fingerprint density at radius 2 is 1.75 bits per heavy atom. The van der Waals surface area contributed by atoms with Crippen molar-refractivity contribution in [1.29, 1.82) is 0 Å². The van der Waals surface area contributed by atoms with Gasteiger partial charge in [0.1, 0.15) is 0 Å². The average molecular weight is 171 g/mol. The molecule has 1 aliphatic rings. The molecule has 1 heteroatoms. The quantitative estimate of drug-likeness (QED) is 0.583. The van der Waals surface area contributed by atoms with Crippen LogP contribution in [0.4, 0.5) is 0 Å². The van der Waals surface area contributed by atoms with Crippen LogP contribution in [0.1, 0.15) is 58.8 Å². The molecule has 0 unspecified atom stereocenters. The molecule has 0 aromatic heterocycles. The van der Waals surface area contributed by atoms with Crippen LogP contribution in [0.3, 0.4) is 0 Å². The summed E-state index contributed by atoms with van der Waals surface area (Å²) < 4.78 is 0. The van der Waals surface area contributed by atoms with E-state index in [1.807, 2.05) is 13.8 Å². The highest BCUT2D eigenvalue weighted by Gasteiger charge is 2.21. The summed E-state index contributed by atoms with van der Waals surface area (Å²) in [6.07, 6.45) is 9.54. The Labute approximate surface area is 76.2 Å². The fraction of sp³-hybridized carbons (Fsp3) is 1.00. The number of hydrogen-bond acceptors (Lipinski definition) is 0. The fourth-order valence-electron chi connectivity index (χ4n) is 2.04. The van der Waals surface area contributed by atoms with Crippen LogP contribution in [0.25, 0.3) is 0 Å². The SMILES string of the molecule is CC(C)([OH2+])CCC1CCCCC1. The van der Waals surface area contributed by atoms with Gasteiger partial charge in [-0.2, -0.15) is 0 Å². The minimum atomic E-state index is -0.197. The standard InChI is InChI=1S/C11H22O/c1-11(2,12)9-8-10-6-4-3-5-7-10/h10,12H,3-9H2,1-2H3/p+1. The first-order valence-corrected chi connectivity index (χ1v) is 5.33. The summed E-state index contributed by atoms with van der Waals surface area (Å²) in [7, 11) is 0. The van der Waals surface area contributed by atoms with Crippen molar-refractivity contribution in [2.24, 2.45) is 5.92 Å². The molecule has 0 aromatic rings. The Hall–Kier alpha value is -0.0400. The highest BCUT2D eigenvalue weighted by Crippen LogP contribution is 2.29. The zero-order valence-corrected chi connectivity index (χ0v) is 8.53. The first-order chi connectivity index (χ1) is 5.58. The van der Waals surface area contributed by atoms with Crippen molar-refractivity contribution in [2.75, 3.05) is 0 Å². The number of hydrogen-bond donors (Lipinski definition) is 0. The van der Waals surface area contributed by atoms with Crippen molar-refractivity contribution in [3.63, 3.8) is 0 Å². The van der Waals surface area contributed by atoms with Gasteiger partial charge in [0.15, 0.2) is 5.60 Å². The summed E-state index contributed by atoms with van der Waals surface area (Å²) in [6.45, 7) is 4.05. The Morgan fingerprint density at radius 1 is 1.17 bits per heavy atom. The molecule has 0 spiro atoms. The molecule has 0 bridgehead atoms. The first kappa shape index (κ1) is 10.0. The molecular weight excluding hydrogens is 148 g/mol. The Morgan fingerprint density at radius 3 is 2.25 bits per heavy atom. The van der Waals surface area contributed by atoms with Gasteiger partial charge in [0.2, 0.25) is 0 Å². The second-order valence-electron chi connectivity index (χ2n) is 4.93. The van der Waals surface area contributed by atoms with E-state index in [2.05, 4.69) is 0 Å². The number of rotatable bonds is 3. The van der Waals surface area contributed by atoms with Crippen molar-refractivity contribution >= 4 is 0 Å². The molecule has 0 saturated heterocycles. The third kappa shape index (κ3) is 4.10. The Balaban J connectivity index is 2.13. The van der Waals surface area contributed by atoms with E-state index >= 15 is 0 Å². The highest BCUT2D eigenvalue weighted by atomic mass is 16.3. The van der Waals surface area contributed by atoms with Gasteiger partial charge >= 0.3 is 0 Å². The van der Waals surface area contributed by atoms with E-state index in [0.29, 0.717) is 0 Å². The molecule has 0 aromatic carbocycles. The van der Waals surface area contributed by atoms with E-state index in [1.54, 1.807) is 0 Å². The van der Waals surface area contributed by atoms with Gasteiger partial charge in [-0.3, -0.25) is 0 Å². The summed E-state index contributed by atoms with van der Waals surface area (Å²) in [5.41, 5.74) is -0.197. The average Bonchev–Trinajstić information content (AvgIpc) is 2.02. The molecule has 1 fully saturated rings. The maximum Gasteiger partial charge on any atom is 0.157 e. The maximum absolute atomic E-state index is 7.75. The van der Waals surface area contributed by atoms with Crippen LogP contribution in [0.15, 0.2) is 0 Å². The van der Waals surface area contributed by atoms with E-state index < -0.39 is 0 Å². The normalized spacial score (nSPS) is 21.2. The first-order valence-electron chi connectivity index (χ1n) is 5.33. The third-order valence-corrected chi connectivity index (χ3v) is 2.90. The van der Waals surface area contributed by atoms with Crippen LogP contribution in [0.5, 0.6) is 0 Å². The second kappa shape index (κ2) is 4.27. The minimum Gasteiger partial charge on any atom is -0.441 e. The molecule has 0 aliphatic heterocycles. The lowest BCUT2D eigenvalue weighted by Gasteiger charge is -2.23. The molecular formula is C11H23O+. The van der Waals surface area contributed by atoms with Crippen LogP contribution in [0.2, 0.25) is 0 Å². The molecule has 1 rings (SSSR count). The van der Waals surface area contributed by atoms with Crippen molar-refractivity contribution in [2.45, 2.75) is 64.4 Å². The second-order valence-corrected chi connectivity index (χ2v) is 4.93. The zero-order chi connectivity index (χ0) is 9.03. The zero-order valence-electron chi connectivity index (χ0n) is 8.53. The molecule has 2 N–H and O–H groups in total. The molecule has 1 nitrogen and oxygen atoms in total. The smallest absolute Gasteiger partial charge is 0.157 e. The lowest BCUT2D eigenvalue weighted by atomic mass is 9.84. The van der Waals surface area contributed by atoms with Crippen LogP contribution in [-0.4, -0.2) is 10.7 Å². The van der Waals surface area contributed by atoms with Gasteiger partial charge < -0.3 is 5.11 Å². The lowest BCUT2D eigenvalue weighted by molar-refractivity contribution is 0.0612. The monoisotopic (exact) mass is 171 g/mol. The molecule has 1 aliphatic carbocycles. The molecule has 1 saturated carbocycles. The third-order valence-electron chi connectivity index (χ3n) is 2.90. The molecule has 0 heterocycles. The summed E-state index contributed by atoms with van der Waals surface area (Å²) >= 11 is 0. The van der Waals surface area contributed by atoms with Crippen molar-refractivity contribution in [1.82, 2.24) is 0 Å². The maximum atomic E-state index is 7.75. The summed E-state index contributed by atoms with van der Waals surface area (Å²) in [5.74, 6) is 0.948. The van der Waals surface area contributed by atoms with Crippen LogP contribution in [-0.2, 0) is 0 Å². The van der Waals surface area contributed by atoms with Gasteiger partial charge in [0.05, 0.1) is 0 Å². The van der Waals surface area contributed by atoms with Gasteiger partial charge in [0.25, 0.3) is 0 Å². The van der Waals surface area contributed by atoms with Crippen molar-refractivity contribution in [3.8, 4) is 0 Å². The van der Waals surface area contributed by atoms with E-state index in [4.69, 9.17) is 5.11 Å².